The Morgan fingerprint density at radius 2 is 0.960 bits per heavy atom. The smallest absolute Gasteiger partial charge is 0.00753 e. The van der Waals surface area contributed by atoms with Gasteiger partial charge in [-0.25, -0.2) is 0 Å². The number of unbranched alkanes of at least 4 members (excludes halogenated alkanes) is 11. The van der Waals surface area contributed by atoms with Crippen LogP contribution < -0.4 is 0 Å². The maximum atomic E-state index is 2.52. The van der Waals surface area contributed by atoms with Crippen LogP contribution in [0.3, 0.4) is 0 Å². The van der Waals surface area contributed by atoms with Crippen LogP contribution in [0.1, 0.15) is 123 Å². The molecule has 0 nitrogen and oxygen atoms in total. The lowest BCUT2D eigenvalue weighted by atomic mass is 9.74. The second-order valence-corrected chi connectivity index (χ2v) is 8.32. The molecule has 1 aromatic rings. The zero-order valence-corrected chi connectivity index (χ0v) is 17.5. The van der Waals surface area contributed by atoms with Crippen LogP contribution in [0.5, 0.6) is 0 Å². The molecule has 0 N–H and O–H groups in total. The predicted octanol–water partition coefficient (Wildman–Crippen LogP) is 8.84. The predicted molar refractivity (Wildman–Crippen MR) is 114 cm³/mol. The molecule has 25 heavy (non-hydrogen) atoms. The number of hydrogen-bond donors (Lipinski definition) is 0. The Bertz CT molecular complexity index is 394. The summed E-state index contributed by atoms with van der Waals surface area (Å²) in [5, 5.41) is 0. The summed E-state index contributed by atoms with van der Waals surface area (Å²) in [6.45, 7) is 7.12. The van der Waals surface area contributed by atoms with Crippen molar-refractivity contribution < 1.29 is 0 Å². The highest BCUT2D eigenvalue weighted by molar-refractivity contribution is 5.24. The van der Waals surface area contributed by atoms with Gasteiger partial charge in [0, 0.05) is 0 Å². The Balaban J connectivity index is 2.38. The number of benzene rings is 1. The first-order valence-electron chi connectivity index (χ1n) is 11.3. The van der Waals surface area contributed by atoms with Crippen LogP contribution in [0, 0.1) is 0 Å². The van der Waals surface area contributed by atoms with Crippen molar-refractivity contribution in [1.82, 2.24) is 0 Å². The van der Waals surface area contributed by atoms with E-state index in [0.717, 1.165) is 0 Å². The Morgan fingerprint density at radius 1 is 0.560 bits per heavy atom. The average molecular weight is 345 g/mol. The highest BCUT2D eigenvalue weighted by Crippen LogP contribution is 2.35. The van der Waals surface area contributed by atoms with Crippen molar-refractivity contribution in [3.05, 3.63) is 35.9 Å². The molecule has 0 aliphatic rings. The highest BCUT2D eigenvalue weighted by Gasteiger charge is 2.25. The summed E-state index contributed by atoms with van der Waals surface area (Å²) in [4.78, 5) is 0. The highest BCUT2D eigenvalue weighted by atomic mass is 14.3. The van der Waals surface area contributed by atoms with Gasteiger partial charge < -0.3 is 0 Å². The summed E-state index contributed by atoms with van der Waals surface area (Å²) >= 11 is 0. The molecular formula is C25H44. The van der Waals surface area contributed by atoms with E-state index in [1.807, 2.05) is 0 Å². The lowest BCUT2D eigenvalue weighted by Crippen LogP contribution is -2.22. The Kier molecular flexibility index (Phi) is 12.8. The molecule has 0 bridgehead atoms. The molecule has 0 aromatic heterocycles. The molecular weight excluding hydrogens is 300 g/mol. The third-order valence-electron chi connectivity index (χ3n) is 5.88. The van der Waals surface area contributed by atoms with E-state index in [2.05, 4.69) is 51.1 Å². The van der Waals surface area contributed by atoms with Crippen LogP contribution in [-0.2, 0) is 5.41 Å². The fraction of sp³-hybridized carbons (Fsp3) is 0.760. The van der Waals surface area contributed by atoms with Crippen molar-refractivity contribution in [3.8, 4) is 0 Å². The van der Waals surface area contributed by atoms with Gasteiger partial charge in [0.2, 0.25) is 0 Å². The maximum Gasteiger partial charge on any atom is -0.00753 e. The molecule has 144 valence electrons. The van der Waals surface area contributed by atoms with E-state index in [9.17, 15) is 0 Å². The lowest BCUT2D eigenvalue weighted by molar-refractivity contribution is 0.362. The van der Waals surface area contributed by atoms with Crippen molar-refractivity contribution in [2.45, 2.75) is 122 Å². The SMILES string of the molecule is CCCCCCCCCC(C)(CCCCCCCC)c1ccccc1. The molecule has 1 aromatic carbocycles. The van der Waals surface area contributed by atoms with Crippen LogP contribution in [0.15, 0.2) is 30.3 Å². The Labute approximate surface area is 158 Å². The van der Waals surface area contributed by atoms with Gasteiger partial charge in [0.05, 0.1) is 0 Å². The molecule has 0 aliphatic heterocycles. The average Bonchev–Trinajstić information content (AvgIpc) is 2.64. The van der Waals surface area contributed by atoms with Gasteiger partial charge in [0.15, 0.2) is 0 Å². The molecule has 0 amide bonds. The van der Waals surface area contributed by atoms with Gasteiger partial charge in [-0.05, 0) is 23.8 Å². The topological polar surface area (TPSA) is 0 Å². The van der Waals surface area contributed by atoms with Gasteiger partial charge in [-0.1, -0.05) is 135 Å². The molecule has 0 aliphatic carbocycles. The molecule has 0 heteroatoms. The zero-order valence-electron chi connectivity index (χ0n) is 17.5. The molecule has 1 atom stereocenters. The second kappa shape index (κ2) is 14.4. The van der Waals surface area contributed by atoms with Crippen molar-refractivity contribution in [2.24, 2.45) is 0 Å². The molecule has 0 radical (unpaired) electrons. The number of hydrogen-bond acceptors (Lipinski definition) is 0. The van der Waals surface area contributed by atoms with Crippen molar-refractivity contribution in [1.29, 1.82) is 0 Å². The van der Waals surface area contributed by atoms with Gasteiger partial charge in [-0.15, -0.1) is 0 Å². The fourth-order valence-electron chi connectivity index (χ4n) is 4.02. The fourth-order valence-corrected chi connectivity index (χ4v) is 4.02. The second-order valence-electron chi connectivity index (χ2n) is 8.32. The minimum Gasteiger partial charge on any atom is -0.0654 e. The molecule has 0 saturated heterocycles. The Morgan fingerprint density at radius 3 is 1.40 bits per heavy atom. The monoisotopic (exact) mass is 344 g/mol. The van der Waals surface area contributed by atoms with E-state index in [4.69, 9.17) is 0 Å². The van der Waals surface area contributed by atoms with Crippen LogP contribution >= 0.6 is 0 Å². The quantitative estimate of drug-likeness (QED) is 0.263. The van der Waals surface area contributed by atoms with E-state index >= 15 is 0 Å². The summed E-state index contributed by atoms with van der Waals surface area (Å²) in [5.74, 6) is 0. The third kappa shape index (κ3) is 10.1. The summed E-state index contributed by atoms with van der Waals surface area (Å²) in [5.41, 5.74) is 1.95. The summed E-state index contributed by atoms with van der Waals surface area (Å²) < 4.78 is 0. The third-order valence-corrected chi connectivity index (χ3v) is 5.88. The minimum atomic E-state index is 0.384. The van der Waals surface area contributed by atoms with Crippen molar-refractivity contribution in [2.75, 3.05) is 0 Å². The van der Waals surface area contributed by atoms with E-state index < -0.39 is 0 Å². The van der Waals surface area contributed by atoms with Crippen LogP contribution in [0.2, 0.25) is 0 Å². The lowest BCUT2D eigenvalue weighted by Gasteiger charge is -2.31. The first kappa shape index (κ1) is 22.3. The van der Waals surface area contributed by atoms with Crippen LogP contribution in [-0.4, -0.2) is 0 Å². The molecule has 0 heterocycles. The van der Waals surface area contributed by atoms with E-state index in [-0.39, 0.29) is 0 Å². The zero-order chi connectivity index (χ0) is 18.2. The van der Waals surface area contributed by atoms with Gasteiger partial charge in [-0.2, -0.15) is 0 Å². The van der Waals surface area contributed by atoms with E-state index in [1.165, 1.54) is 96.3 Å². The number of rotatable bonds is 16. The van der Waals surface area contributed by atoms with Gasteiger partial charge in [0.1, 0.15) is 0 Å². The summed E-state index contributed by atoms with van der Waals surface area (Å²) in [7, 11) is 0. The van der Waals surface area contributed by atoms with Gasteiger partial charge in [-0.3, -0.25) is 0 Å². The summed E-state index contributed by atoms with van der Waals surface area (Å²) in [6, 6.07) is 11.3. The first-order chi connectivity index (χ1) is 12.2. The van der Waals surface area contributed by atoms with E-state index in [1.54, 1.807) is 5.56 Å². The molecule has 1 unspecified atom stereocenters. The molecule has 0 saturated carbocycles. The van der Waals surface area contributed by atoms with Crippen LogP contribution in [0.25, 0.3) is 0 Å². The summed E-state index contributed by atoms with van der Waals surface area (Å²) in [6.07, 6.45) is 21.0. The first-order valence-corrected chi connectivity index (χ1v) is 11.3. The van der Waals surface area contributed by atoms with Crippen molar-refractivity contribution in [3.63, 3.8) is 0 Å². The largest absolute Gasteiger partial charge is 0.0654 e. The Hall–Kier alpha value is -0.780. The normalized spacial score (nSPS) is 13.7. The molecule has 1 rings (SSSR count). The minimum absolute atomic E-state index is 0.384. The maximum absolute atomic E-state index is 2.52. The molecule has 0 spiro atoms. The van der Waals surface area contributed by atoms with Crippen molar-refractivity contribution >= 4 is 0 Å². The van der Waals surface area contributed by atoms with E-state index in [0.29, 0.717) is 5.41 Å². The van der Waals surface area contributed by atoms with Gasteiger partial charge in [0.25, 0.3) is 0 Å². The standard InChI is InChI=1S/C25H44/c1-4-6-8-10-12-14-19-23-25(3,24-20-16-15-17-21-24)22-18-13-11-9-7-5-2/h15-17,20-21H,4-14,18-19,22-23H2,1-3H3. The van der Waals surface area contributed by atoms with Gasteiger partial charge >= 0.3 is 0 Å². The molecule has 0 fully saturated rings. The van der Waals surface area contributed by atoms with Crippen LogP contribution in [0.4, 0.5) is 0 Å².